The molecule has 0 fully saturated rings. The largest absolute Gasteiger partial charge is 0.497 e. The number of carbonyl (C=O) groups is 1. The number of benzene rings is 2. The third-order valence-corrected chi connectivity index (χ3v) is 4.36. The number of amides is 1. The van der Waals surface area contributed by atoms with Gasteiger partial charge in [0.15, 0.2) is 0 Å². The Labute approximate surface area is 151 Å². The Bertz CT molecular complexity index is 861. The summed E-state index contributed by atoms with van der Waals surface area (Å²) in [4.78, 5) is 22.9. The van der Waals surface area contributed by atoms with Crippen molar-refractivity contribution in [3.8, 4) is 5.75 Å². The normalized spacial score (nSPS) is 16.3. The minimum Gasteiger partial charge on any atom is -0.497 e. The number of nitro groups is 1. The summed E-state index contributed by atoms with van der Waals surface area (Å²) in [6, 6.07) is 13.6. The van der Waals surface area contributed by atoms with Crippen LogP contribution in [-0.4, -0.2) is 28.7 Å². The molecule has 7 nitrogen and oxygen atoms in total. The van der Waals surface area contributed by atoms with Gasteiger partial charge in [-0.15, -0.1) is 0 Å². The monoisotopic (exact) mass is 353 g/mol. The molecule has 0 aliphatic carbocycles. The highest BCUT2D eigenvalue weighted by Gasteiger charge is 2.32. The lowest BCUT2D eigenvalue weighted by molar-refractivity contribution is -0.384. The number of nitrogens with zero attached hydrogens (tertiary/aromatic N) is 3. The first-order valence-electron chi connectivity index (χ1n) is 8.31. The van der Waals surface area contributed by atoms with E-state index >= 15 is 0 Å². The van der Waals surface area contributed by atoms with Crippen molar-refractivity contribution in [1.29, 1.82) is 0 Å². The van der Waals surface area contributed by atoms with Gasteiger partial charge in [0.1, 0.15) is 5.75 Å². The second-order valence-electron chi connectivity index (χ2n) is 5.94. The predicted molar refractivity (Wildman–Crippen MR) is 97.1 cm³/mol. The van der Waals surface area contributed by atoms with Crippen molar-refractivity contribution in [2.45, 2.75) is 25.8 Å². The van der Waals surface area contributed by atoms with E-state index in [2.05, 4.69) is 5.10 Å². The third kappa shape index (κ3) is 3.42. The number of hydrogen-bond donors (Lipinski definition) is 0. The lowest BCUT2D eigenvalue weighted by Gasteiger charge is -2.21. The lowest BCUT2D eigenvalue weighted by atomic mass is 9.98. The van der Waals surface area contributed by atoms with Crippen LogP contribution in [0.2, 0.25) is 0 Å². The van der Waals surface area contributed by atoms with E-state index in [9.17, 15) is 14.9 Å². The number of carbonyl (C=O) groups excluding carboxylic acids is 1. The standard InChI is InChI=1S/C19H19N3O4/c1-3-19(23)21-18(13-7-9-16(26-2)10-8-13)12-17(20-21)14-5-4-6-15(11-14)22(24)25/h4-11,18H,3,12H2,1-2H3/t18-/m0/s1. The summed E-state index contributed by atoms with van der Waals surface area (Å²) in [5.41, 5.74) is 2.27. The van der Waals surface area contributed by atoms with Crippen LogP contribution in [0.4, 0.5) is 5.69 Å². The van der Waals surface area contributed by atoms with E-state index < -0.39 is 4.92 Å². The number of methoxy groups -OCH3 is 1. The zero-order valence-corrected chi connectivity index (χ0v) is 14.6. The molecule has 1 atom stereocenters. The lowest BCUT2D eigenvalue weighted by Crippen LogP contribution is -2.26. The number of non-ortho nitro benzene ring substituents is 1. The van der Waals surface area contributed by atoms with Crippen molar-refractivity contribution in [2.75, 3.05) is 7.11 Å². The van der Waals surface area contributed by atoms with Gasteiger partial charge in [-0.3, -0.25) is 14.9 Å². The van der Waals surface area contributed by atoms with Crippen LogP contribution in [0.15, 0.2) is 53.6 Å². The van der Waals surface area contributed by atoms with Gasteiger partial charge in [0, 0.05) is 30.5 Å². The summed E-state index contributed by atoms with van der Waals surface area (Å²) in [5, 5.41) is 17.0. The van der Waals surface area contributed by atoms with Gasteiger partial charge < -0.3 is 4.74 Å². The topological polar surface area (TPSA) is 85.0 Å². The zero-order chi connectivity index (χ0) is 18.7. The van der Waals surface area contributed by atoms with E-state index in [1.165, 1.54) is 17.1 Å². The van der Waals surface area contributed by atoms with Crippen molar-refractivity contribution in [3.05, 3.63) is 69.8 Å². The first-order chi connectivity index (χ1) is 12.5. The van der Waals surface area contributed by atoms with Gasteiger partial charge in [-0.05, 0) is 17.7 Å². The Hall–Kier alpha value is -3.22. The van der Waals surface area contributed by atoms with Crippen LogP contribution in [0.25, 0.3) is 0 Å². The fraction of sp³-hybridized carbons (Fsp3) is 0.263. The van der Waals surface area contributed by atoms with Gasteiger partial charge in [-0.1, -0.05) is 31.2 Å². The summed E-state index contributed by atoms with van der Waals surface area (Å²) in [6.45, 7) is 1.79. The Morgan fingerprint density at radius 1 is 1.31 bits per heavy atom. The van der Waals surface area contributed by atoms with Gasteiger partial charge in [-0.2, -0.15) is 5.10 Å². The van der Waals surface area contributed by atoms with Crippen LogP contribution in [0, 0.1) is 10.1 Å². The molecule has 0 unspecified atom stereocenters. The highest BCUT2D eigenvalue weighted by atomic mass is 16.6. The number of rotatable bonds is 5. The molecule has 0 spiro atoms. The molecule has 1 heterocycles. The third-order valence-electron chi connectivity index (χ3n) is 4.36. The molecular formula is C19H19N3O4. The molecule has 0 radical (unpaired) electrons. The minimum absolute atomic E-state index is 0.00599. The Morgan fingerprint density at radius 2 is 2.04 bits per heavy atom. The molecule has 26 heavy (non-hydrogen) atoms. The second-order valence-corrected chi connectivity index (χ2v) is 5.94. The highest BCUT2D eigenvalue weighted by Crippen LogP contribution is 2.34. The fourth-order valence-corrected chi connectivity index (χ4v) is 2.96. The molecule has 0 N–H and O–H groups in total. The van der Waals surface area contributed by atoms with E-state index in [0.717, 1.165) is 11.3 Å². The summed E-state index contributed by atoms with van der Waals surface area (Å²) < 4.78 is 5.18. The first-order valence-corrected chi connectivity index (χ1v) is 8.31. The van der Waals surface area contributed by atoms with E-state index in [0.29, 0.717) is 24.1 Å². The second kappa shape index (κ2) is 7.35. The molecule has 1 aliphatic heterocycles. The van der Waals surface area contributed by atoms with Gasteiger partial charge >= 0.3 is 0 Å². The van der Waals surface area contributed by atoms with Crippen LogP contribution >= 0.6 is 0 Å². The quantitative estimate of drug-likeness (QED) is 0.606. The number of ether oxygens (including phenoxy) is 1. The van der Waals surface area contributed by atoms with Crippen molar-refractivity contribution in [1.82, 2.24) is 5.01 Å². The van der Waals surface area contributed by atoms with Crippen LogP contribution in [0.5, 0.6) is 5.75 Å². The molecule has 0 bridgehead atoms. The first kappa shape index (κ1) is 17.6. The summed E-state index contributed by atoms with van der Waals surface area (Å²) in [6.07, 6.45) is 0.831. The molecule has 7 heteroatoms. The number of hydrazone groups is 1. The van der Waals surface area contributed by atoms with Crippen LogP contribution < -0.4 is 4.74 Å². The van der Waals surface area contributed by atoms with Crippen LogP contribution in [-0.2, 0) is 4.79 Å². The SMILES string of the molecule is CCC(=O)N1N=C(c2cccc([N+](=O)[O-])c2)C[C@H]1c1ccc(OC)cc1. The maximum Gasteiger partial charge on any atom is 0.270 e. The molecule has 3 rings (SSSR count). The van der Waals surface area contributed by atoms with E-state index in [-0.39, 0.29) is 17.6 Å². The summed E-state index contributed by atoms with van der Waals surface area (Å²) in [5.74, 6) is 0.645. The van der Waals surface area contributed by atoms with Crippen LogP contribution in [0.1, 0.15) is 36.9 Å². The average molecular weight is 353 g/mol. The molecule has 0 saturated carbocycles. The summed E-state index contributed by atoms with van der Waals surface area (Å²) >= 11 is 0. The Balaban J connectivity index is 1.94. The summed E-state index contributed by atoms with van der Waals surface area (Å²) in [7, 11) is 1.60. The van der Waals surface area contributed by atoms with Crippen molar-refractivity contribution >= 4 is 17.3 Å². The maximum absolute atomic E-state index is 12.4. The van der Waals surface area contributed by atoms with Gasteiger partial charge in [-0.25, -0.2) is 5.01 Å². The van der Waals surface area contributed by atoms with Crippen molar-refractivity contribution in [2.24, 2.45) is 5.10 Å². The Morgan fingerprint density at radius 3 is 2.65 bits per heavy atom. The van der Waals surface area contributed by atoms with Crippen molar-refractivity contribution in [3.63, 3.8) is 0 Å². The minimum atomic E-state index is -0.436. The fourth-order valence-electron chi connectivity index (χ4n) is 2.96. The Kier molecular flexibility index (Phi) is 4.97. The molecule has 2 aromatic carbocycles. The van der Waals surface area contributed by atoms with Gasteiger partial charge in [0.05, 0.1) is 23.8 Å². The molecule has 2 aromatic rings. The zero-order valence-electron chi connectivity index (χ0n) is 14.6. The average Bonchev–Trinajstić information content (AvgIpc) is 3.13. The van der Waals surface area contributed by atoms with E-state index in [4.69, 9.17) is 4.74 Å². The smallest absolute Gasteiger partial charge is 0.270 e. The number of nitro benzene ring substituents is 1. The molecule has 1 amide bonds. The number of hydrogen-bond acceptors (Lipinski definition) is 5. The molecule has 134 valence electrons. The molecule has 0 saturated heterocycles. The maximum atomic E-state index is 12.4. The highest BCUT2D eigenvalue weighted by molar-refractivity contribution is 6.03. The van der Waals surface area contributed by atoms with Crippen LogP contribution in [0.3, 0.4) is 0 Å². The molecular weight excluding hydrogens is 334 g/mol. The van der Waals surface area contributed by atoms with E-state index in [1.54, 1.807) is 26.2 Å². The van der Waals surface area contributed by atoms with Gasteiger partial charge in [0.25, 0.3) is 5.69 Å². The van der Waals surface area contributed by atoms with Crippen molar-refractivity contribution < 1.29 is 14.5 Å². The predicted octanol–water partition coefficient (Wildman–Crippen LogP) is 3.69. The molecule has 1 aliphatic rings. The van der Waals surface area contributed by atoms with E-state index in [1.807, 2.05) is 24.3 Å². The van der Waals surface area contributed by atoms with Gasteiger partial charge in [0.2, 0.25) is 5.91 Å². The molecule has 0 aromatic heterocycles.